The summed E-state index contributed by atoms with van der Waals surface area (Å²) in [5.41, 5.74) is 4.37. The smallest absolute Gasteiger partial charge is 0.251 e. The lowest BCUT2D eigenvalue weighted by molar-refractivity contribution is 0.0950. The van der Waals surface area contributed by atoms with E-state index in [2.05, 4.69) is 15.3 Å². The van der Waals surface area contributed by atoms with E-state index < -0.39 is 0 Å². The summed E-state index contributed by atoms with van der Waals surface area (Å²) in [7, 11) is 0. The van der Waals surface area contributed by atoms with Gasteiger partial charge < -0.3 is 10.1 Å². The highest BCUT2D eigenvalue weighted by Gasteiger charge is 2.07. The van der Waals surface area contributed by atoms with Crippen molar-refractivity contribution in [3.05, 3.63) is 114 Å². The second-order valence-corrected chi connectivity index (χ2v) is 6.78. The first-order valence-electron chi connectivity index (χ1n) is 9.68. The molecule has 2 aromatic heterocycles. The first-order chi connectivity index (χ1) is 14.8. The largest absolute Gasteiger partial charge is 0.489 e. The van der Waals surface area contributed by atoms with Crippen molar-refractivity contribution < 1.29 is 9.53 Å². The molecule has 0 radical (unpaired) electrons. The van der Waals surface area contributed by atoms with Crippen LogP contribution in [0.5, 0.6) is 5.75 Å². The van der Waals surface area contributed by atoms with Crippen molar-refractivity contribution in [3.63, 3.8) is 0 Å². The zero-order valence-corrected chi connectivity index (χ0v) is 16.4. The van der Waals surface area contributed by atoms with E-state index in [0.717, 1.165) is 22.4 Å². The van der Waals surface area contributed by atoms with E-state index in [0.29, 0.717) is 24.5 Å². The highest BCUT2D eigenvalue weighted by atomic mass is 16.5. The molecule has 0 aliphatic carbocycles. The quantitative estimate of drug-likeness (QED) is 0.495. The Hall–Kier alpha value is -3.99. The minimum Gasteiger partial charge on any atom is -0.489 e. The van der Waals surface area contributed by atoms with Crippen LogP contribution >= 0.6 is 0 Å². The van der Waals surface area contributed by atoms with Crippen molar-refractivity contribution in [2.45, 2.75) is 13.2 Å². The van der Waals surface area contributed by atoms with E-state index in [1.54, 1.807) is 30.7 Å². The van der Waals surface area contributed by atoms with Crippen LogP contribution in [0.15, 0.2) is 97.5 Å². The van der Waals surface area contributed by atoms with E-state index in [-0.39, 0.29) is 5.91 Å². The van der Waals surface area contributed by atoms with Gasteiger partial charge in [0.2, 0.25) is 0 Å². The molecule has 0 saturated heterocycles. The molecule has 0 bridgehead atoms. The molecule has 4 rings (SSSR count). The number of aromatic nitrogens is 2. The van der Waals surface area contributed by atoms with Gasteiger partial charge in [-0.3, -0.25) is 14.8 Å². The Morgan fingerprint density at radius 2 is 1.77 bits per heavy atom. The zero-order chi connectivity index (χ0) is 20.6. The molecule has 0 aliphatic heterocycles. The van der Waals surface area contributed by atoms with Crippen molar-refractivity contribution >= 4 is 5.91 Å². The molecule has 0 atom stereocenters. The van der Waals surface area contributed by atoms with Crippen molar-refractivity contribution in [2.24, 2.45) is 0 Å². The van der Waals surface area contributed by atoms with Gasteiger partial charge in [0.15, 0.2) is 0 Å². The topological polar surface area (TPSA) is 64.1 Å². The third kappa shape index (κ3) is 5.08. The van der Waals surface area contributed by atoms with Crippen LogP contribution in [0, 0.1) is 0 Å². The Bertz CT molecular complexity index is 1100. The fourth-order valence-electron chi connectivity index (χ4n) is 2.97. The van der Waals surface area contributed by atoms with Crippen LogP contribution in [0.3, 0.4) is 0 Å². The van der Waals surface area contributed by atoms with Gasteiger partial charge in [0, 0.05) is 36.3 Å². The van der Waals surface area contributed by atoms with Crippen molar-refractivity contribution in [3.8, 4) is 17.0 Å². The lowest BCUT2D eigenvalue weighted by atomic mass is 10.1. The minimum absolute atomic E-state index is 0.156. The van der Waals surface area contributed by atoms with Gasteiger partial charge in [-0.05, 0) is 47.5 Å². The average molecular weight is 395 g/mol. The predicted octanol–water partition coefficient (Wildman–Crippen LogP) is 4.65. The zero-order valence-electron chi connectivity index (χ0n) is 16.4. The third-order valence-corrected chi connectivity index (χ3v) is 4.58. The number of hydrogen-bond acceptors (Lipinski definition) is 4. The summed E-state index contributed by atoms with van der Waals surface area (Å²) in [5, 5.41) is 2.93. The average Bonchev–Trinajstić information content (AvgIpc) is 2.83. The van der Waals surface area contributed by atoms with E-state index in [1.807, 2.05) is 66.7 Å². The van der Waals surface area contributed by atoms with Crippen LogP contribution < -0.4 is 10.1 Å². The Morgan fingerprint density at radius 3 is 2.53 bits per heavy atom. The highest BCUT2D eigenvalue weighted by molar-refractivity contribution is 5.94. The summed E-state index contributed by atoms with van der Waals surface area (Å²) in [6, 6.07) is 24.8. The fraction of sp³-hybridized carbons (Fsp3) is 0.0800. The molecule has 2 aromatic carbocycles. The number of ether oxygens (including phenoxy) is 1. The monoisotopic (exact) mass is 395 g/mol. The van der Waals surface area contributed by atoms with Crippen LogP contribution in [-0.4, -0.2) is 15.9 Å². The number of amides is 1. The minimum atomic E-state index is -0.156. The number of rotatable bonds is 7. The summed E-state index contributed by atoms with van der Waals surface area (Å²) in [5.74, 6) is 0.505. The SMILES string of the molecule is O=C(NCc1ccc(-c2cccnc2)nc1)c1cccc(OCc2ccccc2)c1. The number of carbonyl (C=O) groups excluding carboxylic acids is 1. The Labute approximate surface area is 175 Å². The van der Waals surface area contributed by atoms with Gasteiger partial charge >= 0.3 is 0 Å². The number of hydrogen-bond donors (Lipinski definition) is 1. The first kappa shape index (κ1) is 19.3. The molecule has 148 valence electrons. The maximum atomic E-state index is 12.5. The molecule has 5 heteroatoms. The molecule has 0 fully saturated rings. The standard InChI is InChI=1S/C25H21N3O2/c29-25(21-8-4-10-23(14-21)30-18-19-6-2-1-3-7-19)28-16-20-11-12-24(27-15-20)22-9-5-13-26-17-22/h1-15,17H,16,18H2,(H,28,29). The summed E-state index contributed by atoms with van der Waals surface area (Å²) >= 11 is 0. The van der Waals surface area contributed by atoms with Crippen LogP contribution in [0.25, 0.3) is 11.3 Å². The molecule has 5 nitrogen and oxygen atoms in total. The van der Waals surface area contributed by atoms with E-state index in [4.69, 9.17) is 4.74 Å². The number of carbonyl (C=O) groups is 1. The molecule has 1 N–H and O–H groups in total. The van der Waals surface area contributed by atoms with Crippen LogP contribution in [0.2, 0.25) is 0 Å². The molecule has 0 aliphatic rings. The maximum Gasteiger partial charge on any atom is 0.251 e. The second-order valence-electron chi connectivity index (χ2n) is 6.78. The van der Waals surface area contributed by atoms with Crippen molar-refractivity contribution in [1.29, 1.82) is 0 Å². The Morgan fingerprint density at radius 1 is 0.867 bits per heavy atom. The Kier molecular flexibility index (Phi) is 6.11. The second kappa shape index (κ2) is 9.47. The van der Waals surface area contributed by atoms with Gasteiger partial charge in [0.1, 0.15) is 12.4 Å². The van der Waals surface area contributed by atoms with Gasteiger partial charge in [0.25, 0.3) is 5.91 Å². The highest BCUT2D eigenvalue weighted by Crippen LogP contribution is 2.17. The summed E-state index contributed by atoms with van der Waals surface area (Å²) in [6.07, 6.45) is 5.27. The number of nitrogens with zero attached hydrogens (tertiary/aromatic N) is 2. The lowest BCUT2D eigenvalue weighted by Crippen LogP contribution is -2.22. The molecule has 0 spiro atoms. The van der Waals surface area contributed by atoms with Gasteiger partial charge in [-0.1, -0.05) is 42.5 Å². The molecular formula is C25H21N3O2. The summed E-state index contributed by atoms with van der Waals surface area (Å²) < 4.78 is 5.81. The summed E-state index contributed by atoms with van der Waals surface area (Å²) in [6.45, 7) is 0.856. The van der Waals surface area contributed by atoms with Gasteiger partial charge in [0.05, 0.1) is 5.69 Å². The first-order valence-corrected chi connectivity index (χ1v) is 9.68. The van der Waals surface area contributed by atoms with Crippen LogP contribution in [-0.2, 0) is 13.2 Å². The van der Waals surface area contributed by atoms with Crippen molar-refractivity contribution in [1.82, 2.24) is 15.3 Å². The van der Waals surface area contributed by atoms with Crippen LogP contribution in [0.1, 0.15) is 21.5 Å². The van der Waals surface area contributed by atoms with Gasteiger partial charge in [-0.15, -0.1) is 0 Å². The van der Waals surface area contributed by atoms with E-state index in [1.165, 1.54) is 0 Å². The van der Waals surface area contributed by atoms with E-state index >= 15 is 0 Å². The lowest BCUT2D eigenvalue weighted by Gasteiger charge is -2.09. The fourth-order valence-corrected chi connectivity index (χ4v) is 2.97. The third-order valence-electron chi connectivity index (χ3n) is 4.58. The molecule has 4 aromatic rings. The molecule has 30 heavy (non-hydrogen) atoms. The normalized spacial score (nSPS) is 10.4. The van der Waals surface area contributed by atoms with Crippen molar-refractivity contribution in [2.75, 3.05) is 0 Å². The predicted molar refractivity (Wildman–Crippen MR) is 116 cm³/mol. The van der Waals surface area contributed by atoms with Gasteiger partial charge in [-0.2, -0.15) is 0 Å². The van der Waals surface area contributed by atoms with Crippen LogP contribution in [0.4, 0.5) is 0 Å². The molecule has 2 heterocycles. The van der Waals surface area contributed by atoms with Gasteiger partial charge in [-0.25, -0.2) is 0 Å². The molecule has 0 saturated carbocycles. The number of pyridine rings is 2. The maximum absolute atomic E-state index is 12.5. The Balaban J connectivity index is 1.34. The molecular weight excluding hydrogens is 374 g/mol. The summed E-state index contributed by atoms with van der Waals surface area (Å²) in [4.78, 5) is 21.1. The number of benzene rings is 2. The molecule has 0 unspecified atom stereocenters. The number of nitrogens with one attached hydrogen (secondary N) is 1. The molecule has 1 amide bonds. The van der Waals surface area contributed by atoms with E-state index in [9.17, 15) is 4.79 Å².